The predicted octanol–water partition coefficient (Wildman–Crippen LogP) is 1.72. The third-order valence-electron chi connectivity index (χ3n) is 1.91. The molecule has 1 unspecified atom stereocenters. The topological polar surface area (TPSA) is 43.4 Å². The molecule has 15 heavy (non-hydrogen) atoms. The van der Waals surface area contributed by atoms with E-state index in [1.165, 1.54) is 6.92 Å². The van der Waals surface area contributed by atoms with Crippen molar-refractivity contribution >= 4 is 11.8 Å². The largest absolute Gasteiger partial charge is 0.462 e. The van der Waals surface area contributed by atoms with Gasteiger partial charge in [-0.1, -0.05) is 12.5 Å². The standard InChI is InChI=1S/C12H16O3/c1-5-11(10(4)13)7-6-8-15-12(14)9(2)3/h1,11H,2,6-8H2,3-4H3. The molecule has 1 atom stereocenters. The van der Waals surface area contributed by atoms with E-state index in [9.17, 15) is 9.59 Å². The zero-order valence-corrected chi connectivity index (χ0v) is 9.21. The minimum Gasteiger partial charge on any atom is -0.462 e. The van der Waals surface area contributed by atoms with Gasteiger partial charge in [-0.25, -0.2) is 4.79 Å². The van der Waals surface area contributed by atoms with Crippen LogP contribution in [-0.4, -0.2) is 18.4 Å². The van der Waals surface area contributed by atoms with Gasteiger partial charge < -0.3 is 4.74 Å². The molecule has 0 heterocycles. The molecular weight excluding hydrogens is 192 g/mol. The average molecular weight is 208 g/mol. The normalized spacial score (nSPS) is 11.3. The smallest absolute Gasteiger partial charge is 0.333 e. The van der Waals surface area contributed by atoms with Crippen molar-refractivity contribution in [3.63, 3.8) is 0 Å². The van der Waals surface area contributed by atoms with Gasteiger partial charge in [0, 0.05) is 5.57 Å². The Kier molecular flexibility index (Phi) is 6.12. The maximum Gasteiger partial charge on any atom is 0.333 e. The Morgan fingerprint density at radius 1 is 1.47 bits per heavy atom. The number of hydrogen-bond acceptors (Lipinski definition) is 3. The monoisotopic (exact) mass is 208 g/mol. The second kappa shape index (κ2) is 6.83. The Hall–Kier alpha value is -1.56. The molecule has 0 bridgehead atoms. The first-order valence-corrected chi connectivity index (χ1v) is 4.78. The third kappa shape index (κ3) is 5.69. The third-order valence-corrected chi connectivity index (χ3v) is 1.91. The van der Waals surface area contributed by atoms with Crippen molar-refractivity contribution in [1.82, 2.24) is 0 Å². The summed E-state index contributed by atoms with van der Waals surface area (Å²) >= 11 is 0. The highest BCUT2D eigenvalue weighted by Gasteiger charge is 2.10. The van der Waals surface area contributed by atoms with Gasteiger partial charge in [0.05, 0.1) is 12.5 Å². The van der Waals surface area contributed by atoms with Crippen LogP contribution in [0.2, 0.25) is 0 Å². The molecule has 0 fully saturated rings. The number of carbonyl (C=O) groups is 2. The first-order valence-electron chi connectivity index (χ1n) is 4.78. The van der Waals surface area contributed by atoms with Crippen LogP contribution in [0.1, 0.15) is 26.7 Å². The van der Waals surface area contributed by atoms with E-state index in [0.29, 0.717) is 18.4 Å². The number of carbonyl (C=O) groups excluding carboxylic acids is 2. The maximum atomic E-state index is 11.0. The maximum absolute atomic E-state index is 11.0. The molecule has 0 aliphatic rings. The fourth-order valence-corrected chi connectivity index (χ4v) is 0.979. The van der Waals surface area contributed by atoms with Gasteiger partial charge >= 0.3 is 5.97 Å². The molecule has 0 rings (SSSR count). The molecule has 0 radical (unpaired) electrons. The summed E-state index contributed by atoms with van der Waals surface area (Å²) in [4.78, 5) is 21.9. The number of Topliss-reactive ketones (excluding diaryl/α,β-unsaturated/α-hetero) is 1. The molecule has 0 amide bonds. The van der Waals surface area contributed by atoms with Gasteiger partial charge in [-0.15, -0.1) is 6.42 Å². The van der Waals surface area contributed by atoms with Crippen molar-refractivity contribution in [3.8, 4) is 12.3 Å². The molecule has 0 aliphatic heterocycles. The van der Waals surface area contributed by atoms with Crippen molar-refractivity contribution in [2.45, 2.75) is 26.7 Å². The first kappa shape index (κ1) is 13.4. The number of rotatable bonds is 6. The number of hydrogen-bond donors (Lipinski definition) is 0. The molecule has 0 N–H and O–H groups in total. The van der Waals surface area contributed by atoms with Gasteiger partial charge in [-0.3, -0.25) is 4.79 Å². The molecule has 3 heteroatoms. The van der Waals surface area contributed by atoms with Crippen molar-refractivity contribution in [1.29, 1.82) is 0 Å². The molecule has 0 aromatic carbocycles. The number of ether oxygens (including phenoxy) is 1. The SMILES string of the molecule is C#CC(CCCOC(=O)C(=C)C)C(C)=O. The highest BCUT2D eigenvalue weighted by Crippen LogP contribution is 2.07. The molecule has 3 nitrogen and oxygen atoms in total. The summed E-state index contributed by atoms with van der Waals surface area (Å²) in [6.45, 7) is 6.78. The lowest BCUT2D eigenvalue weighted by Gasteiger charge is -2.07. The summed E-state index contributed by atoms with van der Waals surface area (Å²) in [7, 11) is 0. The van der Waals surface area contributed by atoms with Crippen LogP contribution in [0, 0.1) is 18.3 Å². The Morgan fingerprint density at radius 3 is 2.47 bits per heavy atom. The summed E-state index contributed by atoms with van der Waals surface area (Å²) in [6.07, 6.45) is 6.31. The van der Waals surface area contributed by atoms with Crippen molar-refractivity contribution in [2.24, 2.45) is 5.92 Å². The summed E-state index contributed by atoms with van der Waals surface area (Å²) in [5.41, 5.74) is 0.370. The minimum atomic E-state index is -0.407. The van der Waals surface area contributed by atoms with Gasteiger partial charge in [0.2, 0.25) is 0 Å². The average Bonchev–Trinajstić information content (AvgIpc) is 2.16. The van der Waals surface area contributed by atoms with Crippen molar-refractivity contribution in [2.75, 3.05) is 6.61 Å². The zero-order chi connectivity index (χ0) is 11.8. The molecule has 0 saturated carbocycles. The van der Waals surface area contributed by atoms with Gasteiger partial charge in [-0.05, 0) is 26.7 Å². The fourth-order valence-electron chi connectivity index (χ4n) is 0.979. The van der Waals surface area contributed by atoms with Crippen LogP contribution in [0.15, 0.2) is 12.2 Å². The van der Waals surface area contributed by atoms with Crippen LogP contribution in [0.4, 0.5) is 0 Å². The van der Waals surface area contributed by atoms with E-state index in [1.807, 2.05) is 0 Å². The van der Waals surface area contributed by atoms with E-state index < -0.39 is 5.97 Å². The summed E-state index contributed by atoms with van der Waals surface area (Å²) < 4.78 is 4.86. The fraction of sp³-hybridized carbons (Fsp3) is 0.500. The molecule has 0 aromatic rings. The molecule has 0 aromatic heterocycles. The second-order valence-corrected chi connectivity index (χ2v) is 3.39. The quantitative estimate of drug-likeness (QED) is 0.289. The van der Waals surface area contributed by atoms with E-state index >= 15 is 0 Å². The van der Waals surface area contributed by atoms with Crippen LogP contribution in [0.3, 0.4) is 0 Å². The van der Waals surface area contributed by atoms with E-state index in [2.05, 4.69) is 12.5 Å². The molecule has 82 valence electrons. The number of esters is 1. The highest BCUT2D eigenvalue weighted by atomic mass is 16.5. The Labute approximate surface area is 90.5 Å². The van der Waals surface area contributed by atoms with Crippen LogP contribution in [0.5, 0.6) is 0 Å². The minimum absolute atomic E-state index is 0.0243. The lowest BCUT2D eigenvalue weighted by Crippen LogP contribution is -2.11. The van der Waals surface area contributed by atoms with E-state index in [-0.39, 0.29) is 18.3 Å². The number of ketones is 1. The van der Waals surface area contributed by atoms with E-state index in [1.54, 1.807) is 6.92 Å². The molecule has 0 aliphatic carbocycles. The molecular formula is C12H16O3. The van der Waals surface area contributed by atoms with Gasteiger partial charge in [0.25, 0.3) is 0 Å². The Morgan fingerprint density at radius 2 is 2.07 bits per heavy atom. The highest BCUT2D eigenvalue weighted by molar-refractivity contribution is 5.86. The lowest BCUT2D eigenvalue weighted by molar-refractivity contribution is -0.139. The first-order chi connectivity index (χ1) is 6.99. The Balaban J connectivity index is 3.72. The van der Waals surface area contributed by atoms with Gasteiger partial charge in [0.1, 0.15) is 5.78 Å². The van der Waals surface area contributed by atoms with Crippen molar-refractivity contribution < 1.29 is 14.3 Å². The Bertz CT molecular complexity index is 296. The summed E-state index contributed by atoms with van der Waals surface area (Å²) in [6, 6.07) is 0. The predicted molar refractivity (Wildman–Crippen MR) is 58.0 cm³/mol. The molecule has 0 spiro atoms. The van der Waals surface area contributed by atoms with Crippen LogP contribution < -0.4 is 0 Å². The molecule has 0 saturated heterocycles. The van der Waals surface area contributed by atoms with Crippen LogP contribution >= 0.6 is 0 Å². The van der Waals surface area contributed by atoms with Crippen LogP contribution in [-0.2, 0) is 14.3 Å². The van der Waals surface area contributed by atoms with E-state index in [4.69, 9.17) is 11.2 Å². The van der Waals surface area contributed by atoms with Gasteiger partial charge in [-0.2, -0.15) is 0 Å². The second-order valence-electron chi connectivity index (χ2n) is 3.39. The van der Waals surface area contributed by atoms with Gasteiger partial charge in [0.15, 0.2) is 0 Å². The van der Waals surface area contributed by atoms with Crippen LogP contribution in [0.25, 0.3) is 0 Å². The lowest BCUT2D eigenvalue weighted by atomic mass is 10.0. The van der Waals surface area contributed by atoms with Crippen molar-refractivity contribution in [3.05, 3.63) is 12.2 Å². The zero-order valence-electron chi connectivity index (χ0n) is 9.21. The summed E-state index contributed by atoms with van der Waals surface area (Å²) in [5, 5.41) is 0. The van der Waals surface area contributed by atoms with E-state index in [0.717, 1.165) is 0 Å². The summed E-state index contributed by atoms with van der Waals surface area (Å²) in [5.74, 6) is 1.61. The number of terminal acetylenes is 1.